The van der Waals surface area contributed by atoms with E-state index in [9.17, 15) is 15.3 Å². The fraction of sp³-hybridized carbons (Fsp3) is 0.250. The van der Waals surface area contributed by atoms with E-state index < -0.39 is 0 Å². The van der Waals surface area contributed by atoms with Gasteiger partial charge in [0.1, 0.15) is 11.5 Å². The number of hydrogen-bond donors (Lipinski definition) is 5. The summed E-state index contributed by atoms with van der Waals surface area (Å²) in [7, 11) is 0. The van der Waals surface area contributed by atoms with Crippen molar-refractivity contribution in [3.8, 4) is 11.5 Å². The zero-order valence-electron chi connectivity index (χ0n) is 11.5. The van der Waals surface area contributed by atoms with Crippen molar-refractivity contribution in [3.05, 3.63) is 58.1 Å². The highest BCUT2D eigenvalue weighted by atomic mass is 16.3. The van der Waals surface area contributed by atoms with Crippen LogP contribution in [0.1, 0.15) is 27.8 Å². The third kappa shape index (κ3) is 3.16. The van der Waals surface area contributed by atoms with Crippen LogP contribution in [-0.2, 0) is 26.2 Å². The SMILES string of the molecule is OCc1ccc(O)c(Cc2ccc(CO)c(O)c2CO)c1. The van der Waals surface area contributed by atoms with Crippen molar-refractivity contribution in [1.82, 2.24) is 0 Å². The molecule has 0 aromatic heterocycles. The van der Waals surface area contributed by atoms with Crippen molar-refractivity contribution in [2.24, 2.45) is 0 Å². The average Bonchev–Trinajstić information content (AvgIpc) is 2.50. The molecule has 0 spiro atoms. The van der Waals surface area contributed by atoms with Crippen LogP contribution >= 0.6 is 0 Å². The van der Waals surface area contributed by atoms with Gasteiger partial charge < -0.3 is 25.5 Å². The second-order valence-corrected chi connectivity index (χ2v) is 4.83. The summed E-state index contributed by atoms with van der Waals surface area (Å²) < 4.78 is 0. The molecule has 0 aliphatic carbocycles. The van der Waals surface area contributed by atoms with Crippen LogP contribution in [0.4, 0.5) is 0 Å². The molecule has 112 valence electrons. The number of phenols is 2. The molecule has 2 aromatic rings. The Morgan fingerprint density at radius 1 is 0.714 bits per heavy atom. The van der Waals surface area contributed by atoms with Crippen LogP contribution in [0.3, 0.4) is 0 Å². The lowest BCUT2D eigenvalue weighted by molar-refractivity contribution is 0.263. The Morgan fingerprint density at radius 2 is 1.43 bits per heavy atom. The van der Waals surface area contributed by atoms with Crippen molar-refractivity contribution in [2.45, 2.75) is 26.2 Å². The highest BCUT2D eigenvalue weighted by Gasteiger charge is 2.13. The molecule has 0 unspecified atom stereocenters. The number of aliphatic hydroxyl groups is 3. The Labute approximate surface area is 122 Å². The lowest BCUT2D eigenvalue weighted by Crippen LogP contribution is -2.00. The third-order valence-electron chi connectivity index (χ3n) is 3.50. The minimum absolute atomic E-state index is 0.0850. The lowest BCUT2D eigenvalue weighted by atomic mass is 9.95. The summed E-state index contributed by atoms with van der Waals surface area (Å²) in [6.45, 7) is -0.811. The van der Waals surface area contributed by atoms with E-state index in [4.69, 9.17) is 10.2 Å². The van der Waals surface area contributed by atoms with Crippen LogP contribution < -0.4 is 0 Å². The molecule has 2 aromatic carbocycles. The summed E-state index contributed by atoms with van der Waals surface area (Å²) in [4.78, 5) is 0. The topological polar surface area (TPSA) is 101 Å². The van der Waals surface area contributed by atoms with E-state index in [1.54, 1.807) is 24.3 Å². The molecule has 0 aliphatic heterocycles. The zero-order valence-corrected chi connectivity index (χ0v) is 11.5. The highest BCUT2D eigenvalue weighted by molar-refractivity contribution is 5.48. The minimum atomic E-state index is -0.366. The zero-order chi connectivity index (χ0) is 15.4. The average molecular weight is 290 g/mol. The summed E-state index contributed by atoms with van der Waals surface area (Å²) in [6, 6.07) is 8.08. The maximum Gasteiger partial charge on any atom is 0.126 e. The Hall–Kier alpha value is -2.08. The van der Waals surface area contributed by atoms with Gasteiger partial charge in [-0.2, -0.15) is 0 Å². The Kier molecular flexibility index (Phi) is 4.80. The quantitative estimate of drug-likeness (QED) is 0.569. The number of aliphatic hydroxyl groups excluding tert-OH is 3. The van der Waals surface area contributed by atoms with Crippen LogP contribution in [0.2, 0.25) is 0 Å². The molecule has 0 radical (unpaired) electrons. The van der Waals surface area contributed by atoms with Gasteiger partial charge in [-0.05, 0) is 28.8 Å². The predicted molar refractivity (Wildman–Crippen MR) is 76.8 cm³/mol. The molecule has 5 N–H and O–H groups in total. The molecule has 0 heterocycles. The van der Waals surface area contributed by atoms with E-state index in [2.05, 4.69) is 0 Å². The number of phenolic OH excluding ortho intramolecular Hbond substituents is 1. The third-order valence-corrected chi connectivity index (χ3v) is 3.50. The maximum atomic E-state index is 10.00. The molecule has 0 atom stereocenters. The molecule has 0 amide bonds. The summed E-state index contributed by atoms with van der Waals surface area (Å²) in [5.41, 5.74) is 2.58. The lowest BCUT2D eigenvalue weighted by Gasteiger charge is -2.13. The first-order valence-electron chi connectivity index (χ1n) is 6.56. The van der Waals surface area contributed by atoms with Gasteiger partial charge in [-0.25, -0.2) is 0 Å². The second kappa shape index (κ2) is 6.58. The molecule has 0 saturated carbocycles. The van der Waals surface area contributed by atoms with Gasteiger partial charge in [0.2, 0.25) is 0 Å². The molecule has 2 rings (SSSR count). The van der Waals surface area contributed by atoms with Crippen LogP contribution in [0.5, 0.6) is 11.5 Å². The summed E-state index contributed by atoms with van der Waals surface area (Å²) in [6.07, 6.45) is 0.300. The van der Waals surface area contributed by atoms with E-state index in [0.29, 0.717) is 34.2 Å². The normalized spacial score (nSPS) is 10.8. The van der Waals surface area contributed by atoms with E-state index in [1.807, 2.05) is 0 Å². The molecule has 0 aliphatic rings. The second-order valence-electron chi connectivity index (χ2n) is 4.83. The fourth-order valence-corrected chi connectivity index (χ4v) is 2.28. The van der Waals surface area contributed by atoms with Crippen LogP contribution in [0.15, 0.2) is 30.3 Å². The minimum Gasteiger partial charge on any atom is -0.508 e. The fourth-order valence-electron chi connectivity index (χ4n) is 2.28. The van der Waals surface area contributed by atoms with Gasteiger partial charge in [-0.1, -0.05) is 18.2 Å². The van der Waals surface area contributed by atoms with E-state index in [-0.39, 0.29) is 31.3 Å². The maximum absolute atomic E-state index is 10.00. The van der Waals surface area contributed by atoms with Gasteiger partial charge in [0, 0.05) is 17.5 Å². The van der Waals surface area contributed by atoms with Gasteiger partial charge in [0.05, 0.1) is 19.8 Å². The van der Waals surface area contributed by atoms with Gasteiger partial charge in [-0.3, -0.25) is 0 Å². The number of rotatable bonds is 5. The van der Waals surface area contributed by atoms with E-state index in [0.717, 1.165) is 0 Å². The Bertz CT molecular complexity index is 637. The largest absolute Gasteiger partial charge is 0.508 e. The van der Waals surface area contributed by atoms with Gasteiger partial charge in [-0.15, -0.1) is 0 Å². The standard InChI is InChI=1S/C16H18O5/c17-7-10-1-4-15(20)13(5-10)6-11-2-3-12(8-18)16(21)14(11)9-19/h1-5,17-21H,6-9H2. The Balaban J connectivity index is 2.42. The number of benzene rings is 2. The summed E-state index contributed by atoms with van der Waals surface area (Å²) >= 11 is 0. The van der Waals surface area contributed by atoms with Crippen molar-refractivity contribution in [1.29, 1.82) is 0 Å². The first kappa shape index (κ1) is 15.3. The first-order valence-corrected chi connectivity index (χ1v) is 6.56. The molecule has 21 heavy (non-hydrogen) atoms. The van der Waals surface area contributed by atoms with Crippen molar-refractivity contribution >= 4 is 0 Å². The van der Waals surface area contributed by atoms with Crippen molar-refractivity contribution in [3.63, 3.8) is 0 Å². The smallest absolute Gasteiger partial charge is 0.126 e. The molecule has 5 heteroatoms. The van der Waals surface area contributed by atoms with Gasteiger partial charge in [0.25, 0.3) is 0 Å². The van der Waals surface area contributed by atoms with Gasteiger partial charge in [0.15, 0.2) is 0 Å². The first-order chi connectivity index (χ1) is 10.1. The van der Waals surface area contributed by atoms with Crippen LogP contribution in [0, 0.1) is 0 Å². The molecule has 0 bridgehead atoms. The van der Waals surface area contributed by atoms with E-state index >= 15 is 0 Å². The molecule has 0 saturated heterocycles. The Morgan fingerprint density at radius 3 is 2.05 bits per heavy atom. The van der Waals surface area contributed by atoms with E-state index in [1.165, 1.54) is 6.07 Å². The molecular formula is C16H18O5. The molecular weight excluding hydrogens is 272 g/mol. The highest BCUT2D eigenvalue weighted by Crippen LogP contribution is 2.30. The summed E-state index contributed by atoms with van der Waals surface area (Å²) in [5.74, 6) is -0.0443. The van der Waals surface area contributed by atoms with Crippen molar-refractivity contribution in [2.75, 3.05) is 0 Å². The number of aromatic hydroxyl groups is 2. The number of hydrogen-bond acceptors (Lipinski definition) is 5. The van der Waals surface area contributed by atoms with Crippen LogP contribution in [0.25, 0.3) is 0 Å². The molecule has 0 fully saturated rings. The predicted octanol–water partition coefficient (Wildman–Crippen LogP) is 1.17. The van der Waals surface area contributed by atoms with Crippen LogP contribution in [-0.4, -0.2) is 25.5 Å². The molecule has 5 nitrogen and oxygen atoms in total. The summed E-state index contributed by atoms with van der Waals surface area (Å²) in [5, 5.41) is 47.6. The van der Waals surface area contributed by atoms with Gasteiger partial charge >= 0.3 is 0 Å². The van der Waals surface area contributed by atoms with Crippen molar-refractivity contribution < 1.29 is 25.5 Å². The monoisotopic (exact) mass is 290 g/mol.